The van der Waals surface area contributed by atoms with Gasteiger partial charge in [-0.2, -0.15) is 0 Å². The number of nitrogens with zero attached hydrogens (tertiary/aromatic N) is 2. The molecule has 1 aliphatic rings. The van der Waals surface area contributed by atoms with Gasteiger partial charge >= 0.3 is 0 Å². The number of carbonyl (C=O) groups is 1. The fraction of sp³-hybridized carbons (Fsp3) is 0.125. The van der Waals surface area contributed by atoms with Crippen LogP contribution in [0.1, 0.15) is 30.0 Å². The molecular formula is C24H19N3O4S. The van der Waals surface area contributed by atoms with Crippen molar-refractivity contribution in [3.63, 3.8) is 0 Å². The van der Waals surface area contributed by atoms with Crippen LogP contribution in [0.15, 0.2) is 90.9 Å². The number of carbonyl (C=O) groups excluding carboxylic acids is 1. The van der Waals surface area contributed by atoms with Gasteiger partial charge in [0.2, 0.25) is 0 Å². The van der Waals surface area contributed by atoms with Gasteiger partial charge < -0.3 is 14.2 Å². The molecule has 0 radical (unpaired) electrons. The van der Waals surface area contributed by atoms with Crippen molar-refractivity contribution in [1.29, 1.82) is 0 Å². The molecule has 0 spiro atoms. The van der Waals surface area contributed by atoms with Crippen molar-refractivity contribution in [3.05, 3.63) is 109 Å². The van der Waals surface area contributed by atoms with E-state index in [0.717, 1.165) is 5.56 Å². The standard InChI is InChI=1S/C24H19N3O4S/c1-14-8-9-18(31-14)21-20(22(28)26-17-6-4-3-5-7-17)15(2)25-24-27(21)23(29)19(32-24)12-16-10-11-30-13-16/h3-13,21H,1-2H3,(H,26,28)/t21-/m1/s1. The van der Waals surface area contributed by atoms with Gasteiger partial charge in [-0.15, -0.1) is 0 Å². The molecule has 0 saturated heterocycles. The molecule has 8 heteroatoms. The van der Waals surface area contributed by atoms with Crippen LogP contribution >= 0.6 is 11.3 Å². The number of amides is 1. The number of benzene rings is 1. The number of rotatable bonds is 4. The molecule has 0 bridgehead atoms. The maximum absolute atomic E-state index is 13.4. The molecule has 1 amide bonds. The SMILES string of the molecule is CC1=C(C(=O)Nc2ccccc2)[C@@H](c2ccc(C)o2)n2c(sc(=Cc3ccoc3)c2=O)=N1. The van der Waals surface area contributed by atoms with Crippen LogP contribution in [0.25, 0.3) is 6.08 Å². The highest BCUT2D eigenvalue weighted by Gasteiger charge is 2.34. The average molecular weight is 446 g/mol. The van der Waals surface area contributed by atoms with Crippen molar-refractivity contribution in [3.8, 4) is 0 Å². The number of nitrogens with one attached hydrogen (secondary N) is 1. The Morgan fingerprint density at radius 1 is 1.16 bits per heavy atom. The van der Waals surface area contributed by atoms with E-state index in [2.05, 4.69) is 10.3 Å². The van der Waals surface area contributed by atoms with E-state index in [1.165, 1.54) is 15.9 Å². The first kappa shape index (κ1) is 20.0. The number of thiazole rings is 1. The molecule has 32 heavy (non-hydrogen) atoms. The molecule has 7 nitrogen and oxygen atoms in total. The van der Waals surface area contributed by atoms with Gasteiger partial charge in [0.15, 0.2) is 4.80 Å². The maximum Gasteiger partial charge on any atom is 0.271 e. The first-order chi connectivity index (χ1) is 15.5. The van der Waals surface area contributed by atoms with Gasteiger partial charge in [-0.05, 0) is 50.3 Å². The fourth-order valence-corrected chi connectivity index (χ4v) is 4.76. The topological polar surface area (TPSA) is 89.7 Å². The summed E-state index contributed by atoms with van der Waals surface area (Å²) in [5.41, 5.74) is 2.09. The summed E-state index contributed by atoms with van der Waals surface area (Å²) in [7, 11) is 0. The fourth-order valence-electron chi connectivity index (χ4n) is 3.71. The van der Waals surface area contributed by atoms with Crippen molar-refractivity contribution >= 4 is 29.0 Å². The Bertz CT molecular complexity index is 1510. The van der Waals surface area contributed by atoms with Crippen molar-refractivity contribution in [2.75, 3.05) is 5.32 Å². The predicted octanol–water partition coefficient (Wildman–Crippen LogP) is 3.37. The van der Waals surface area contributed by atoms with E-state index in [9.17, 15) is 9.59 Å². The summed E-state index contributed by atoms with van der Waals surface area (Å²) < 4.78 is 13.0. The number of fused-ring (bicyclic) bond motifs is 1. The van der Waals surface area contributed by atoms with Crippen molar-refractivity contribution in [1.82, 2.24) is 4.57 Å². The number of hydrogen-bond donors (Lipinski definition) is 1. The van der Waals surface area contributed by atoms with Gasteiger partial charge in [-0.3, -0.25) is 14.2 Å². The van der Waals surface area contributed by atoms with Crippen molar-refractivity contribution in [2.45, 2.75) is 19.9 Å². The van der Waals surface area contributed by atoms with E-state index in [4.69, 9.17) is 8.83 Å². The molecule has 1 N–H and O–H groups in total. The molecule has 0 saturated carbocycles. The third-order valence-electron chi connectivity index (χ3n) is 5.17. The van der Waals surface area contributed by atoms with E-state index in [-0.39, 0.29) is 11.5 Å². The number of hydrogen-bond acceptors (Lipinski definition) is 6. The second-order valence-corrected chi connectivity index (χ2v) is 8.42. The molecule has 5 rings (SSSR count). The highest BCUT2D eigenvalue weighted by Crippen LogP contribution is 2.31. The molecule has 3 aromatic heterocycles. The molecule has 1 atom stereocenters. The highest BCUT2D eigenvalue weighted by atomic mass is 32.1. The number of anilines is 1. The van der Waals surface area contributed by atoms with Crippen LogP contribution in [-0.2, 0) is 4.79 Å². The smallest absolute Gasteiger partial charge is 0.271 e. The Morgan fingerprint density at radius 2 is 1.97 bits per heavy atom. The maximum atomic E-state index is 13.4. The lowest BCUT2D eigenvalue weighted by atomic mass is 10.00. The molecular weight excluding hydrogens is 426 g/mol. The van der Waals surface area contributed by atoms with Crippen molar-refractivity contribution in [2.24, 2.45) is 4.99 Å². The van der Waals surface area contributed by atoms with E-state index in [1.807, 2.05) is 31.2 Å². The summed E-state index contributed by atoms with van der Waals surface area (Å²) in [5, 5.41) is 2.91. The minimum absolute atomic E-state index is 0.244. The number of para-hydroxylation sites is 1. The molecule has 160 valence electrons. The van der Waals surface area contributed by atoms with E-state index < -0.39 is 6.04 Å². The van der Waals surface area contributed by atoms with Crippen molar-refractivity contribution < 1.29 is 13.6 Å². The van der Waals surface area contributed by atoms with Gasteiger partial charge in [-0.1, -0.05) is 29.5 Å². The predicted molar refractivity (Wildman–Crippen MR) is 121 cm³/mol. The number of aromatic nitrogens is 1. The molecule has 1 aliphatic heterocycles. The Balaban J connectivity index is 1.68. The minimum Gasteiger partial charge on any atom is -0.472 e. The van der Waals surface area contributed by atoms with Crippen LogP contribution in [0.3, 0.4) is 0 Å². The summed E-state index contributed by atoms with van der Waals surface area (Å²) >= 11 is 1.27. The Hall–Kier alpha value is -3.91. The van der Waals surface area contributed by atoms with Crippen LogP contribution < -0.4 is 20.2 Å². The zero-order chi connectivity index (χ0) is 22.2. The van der Waals surface area contributed by atoms with Gasteiger partial charge in [0, 0.05) is 11.3 Å². The van der Waals surface area contributed by atoms with Gasteiger partial charge in [0.25, 0.3) is 11.5 Å². The highest BCUT2D eigenvalue weighted by molar-refractivity contribution is 7.07. The summed E-state index contributed by atoms with van der Waals surface area (Å²) in [6, 6.07) is 13.8. The molecule has 4 heterocycles. The first-order valence-electron chi connectivity index (χ1n) is 9.99. The zero-order valence-electron chi connectivity index (χ0n) is 17.4. The number of allylic oxidation sites excluding steroid dienone is 1. The van der Waals surface area contributed by atoms with Crippen LogP contribution in [0.2, 0.25) is 0 Å². The summed E-state index contributed by atoms with van der Waals surface area (Å²) in [5.74, 6) is 0.865. The quantitative estimate of drug-likeness (QED) is 0.522. The second kappa shape index (κ2) is 7.97. The number of aryl methyl sites for hydroxylation is 1. The van der Waals surface area contributed by atoms with Gasteiger partial charge in [-0.25, -0.2) is 4.99 Å². The van der Waals surface area contributed by atoms with Crippen LogP contribution in [0.4, 0.5) is 5.69 Å². The number of furan rings is 2. The largest absolute Gasteiger partial charge is 0.472 e. The van der Waals surface area contributed by atoms with Crippen LogP contribution in [0, 0.1) is 6.92 Å². The van der Waals surface area contributed by atoms with E-state index in [1.54, 1.807) is 49.8 Å². The lowest BCUT2D eigenvalue weighted by Crippen LogP contribution is -2.40. The summed E-state index contributed by atoms with van der Waals surface area (Å²) in [6.07, 6.45) is 4.86. The Morgan fingerprint density at radius 3 is 2.66 bits per heavy atom. The van der Waals surface area contributed by atoms with Gasteiger partial charge in [0.1, 0.15) is 17.6 Å². The average Bonchev–Trinajstić information content (AvgIpc) is 3.50. The normalized spacial score (nSPS) is 16.1. The molecule has 0 aliphatic carbocycles. The van der Waals surface area contributed by atoms with E-state index in [0.29, 0.717) is 37.8 Å². The van der Waals surface area contributed by atoms with Gasteiger partial charge in [0.05, 0.1) is 28.3 Å². The third-order valence-corrected chi connectivity index (χ3v) is 6.15. The lowest BCUT2D eigenvalue weighted by molar-refractivity contribution is -0.113. The van der Waals surface area contributed by atoms with Crippen LogP contribution in [-0.4, -0.2) is 10.5 Å². The first-order valence-corrected chi connectivity index (χ1v) is 10.8. The van der Waals surface area contributed by atoms with Crippen LogP contribution in [0.5, 0.6) is 0 Å². The third kappa shape index (κ3) is 3.54. The second-order valence-electron chi connectivity index (χ2n) is 7.41. The zero-order valence-corrected chi connectivity index (χ0v) is 18.2. The summed E-state index contributed by atoms with van der Waals surface area (Å²) in [4.78, 5) is 31.9. The summed E-state index contributed by atoms with van der Waals surface area (Å²) in [6.45, 7) is 3.60. The molecule has 1 aromatic carbocycles. The lowest BCUT2D eigenvalue weighted by Gasteiger charge is -2.23. The Labute approximate surface area is 186 Å². The minimum atomic E-state index is -0.727. The molecule has 4 aromatic rings. The molecule has 0 unspecified atom stereocenters. The Kier molecular flexibility index (Phi) is 4.99. The monoisotopic (exact) mass is 445 g/mol. The van der Waals surface area contributed by atoms with E-state index >= 15 is 0 Å². The molecule has 0 fully saturated rings.